The van der Waals surface area contributed by atoms with E-state index in [1.54, 1.807) is 6.07 Å². The van der Waals surface area contributed by atoms with Gasteiger partial charge in [-0.2, -0.15) is 0 Å². The van der Waals surface area contributed by atoms with Gasteiger partial charge in [0, 0.05) is 29.4 Å². The van der Waals surface area contributed by atoms with Gasteiger partial charge < -0.3 is 4.90 Å². The maximum atomic E-state index is 13.6. The number of pyridine rings is 1. The van der Waals surface area contributed by atoms with E-state index in [0.717, 1.165) is 53.8 Å². The number of halogens is 1. The Balaban J connectivity index is 2.27. The Kier molecular flexibility index (Phi) is 5.55. The molecule has 2 aromatic carbocycles. The summed E-state index contributed by atoms with van der Waals surface area (Å²) in [6.45, 7) is 10.5. The first-order valence-electron chi connectivity index (χ1n) is 9.47. The standard InChI is InChI=1S/C23H27FN2/c1-5-13-26(14-6-2)23-17(4)25-22(20-9-7-8-10-21(20)23)19-12-11-18(24)15-16(19)3/h7-12,15H,5-6,13-14H2,1-4H3. The van der Waals surface area contributed by atoms with Crippen LogP contribution in [0.3, 0.4) is 0 Å². The van der Waals surface area contributed by atoms with Crippen LogP contribution in [0.5, 0.6) is 0 Å². The summed E-state index contributed by atoms with van der Waals surface area (Å²) in [5.41, 5.74) is 5.10. The number of aromatic nitrogens is 1. The predicted molar refractivity (Wildman–Crippen MR) is 109 cm³/mol. The fraction of sp³-hybridized carbons (Fsp3) is 0.348. The van der Waals surface area contributed by atoms with E-state index in [2.05, 4.69) is 49.9 Å². The Morgan fingerprint density at radius 3 is 2.19 bits per heavy atom. The average molecular weight is 350 g/mol. The Morgan fingerprint density at radius 1 is 0.923 bits per heavy atom. The van der Waals surface area contributed by atoms with Crippen LogP contribution in [0.1, 0.15) is 37.9 Å². The maximum absolute atomic E-state index is 13.6. The van der Waals surface area contributed by atoms with Crippen molar-refractivity contribution in [2.24, 2.45) is 0 Å². The van der Waals surface area contributed by atoms with Crippen molar-refractivity contribution in [3.63, 3.8) is 0 Å². The molecule has 26 heavy (non-hydrogen) atoms. The Hall–Kier alpha value is -2.42. The molecule has 0 radical (unpaired) electrons. The topological polar surface area (TPSA) is 16.1 Å². The van der Waals surface area contributed by atoms with Crippen molar-refractivity contribution in [3.8, 4) is 11.3 Å². The molecule has 3 aromatic rings. The molecule has 0 saturated carbocycles. The number of nitrogens with zero attached hydrogens (tertiary/aromatic N) is 2. The first-order valence-corrected chi connectivity index (χ1v) is 9.47. The minimum Gasteiger partial charge on any atom is -0.370 e. The molecule has 0 unspecified atom stereocenters. The maximum Gasteiger partial charge on any atom is 0.123 e. The van der Waals surface area contributed by atoms with Gasteiger partial charge in [0.2, 0.25) is 0 Å². The highest BCUT2D eigenvalue weighted by Crippen LogP contribution is 2.37. The Morgan fingerprint density at radius 2 is 1.58 bits per heavy atom. The van der Waals surface area contributed by atoms with Crippen LogP contribution in [-0.2, 0) is 0 Å². The van der Waals surface area contributed by atoms with Gasteiger partial charge in [0.25, 0.3) is 0 Å². The van der Waals surface area contributed by atoms with Crippen LogP contribution >= 0.6 is 0 Å². The summed E-state index contributed by atoms with van der Waals surface area (Å²) in [7, 11) is 0. The van der Waals surface area contributed by atoms with E-state index in [-0.39, 0.29) is 5.82 Å². The summed E-state index contributed by atoms with van der Waals surface area (Å²) in [5.74, 6) is -0.207. The van der Waals surface area contributed by atoms with Crippen LogP contribution in [-0.4, -0.2) is 18.1 Å². The molecule has 2 nitrogen and oxygen atoms in total. The van der Waals surface area contributed by atoms with E-state index in [1.807, 2.05) is 13.0 Å². The number of hydrogen-bond acceptors (Lipinski definition) is 2. The Labute approximate surface area is 155 Å². The van der Waals surface area contributed by atoms with Crippen molar-refractivity contribution >= 4 is 16.5 Å². The monoisotopic (exact) mass is 350 g/mol. The lowest BCUT2D eigenvalue weighted by Crippen LogP contribution is -2.26. The normalized spacial score (nSPS) is 11.1. The summed E-state index contributed by atoms with van der Waals surface area (Å²) in [6, 6.07) is 13.4. The van der Waals surface area contributed by atoms with Crippen LogP contribution in [0.2, 0.25) is 0 Å². The van der Waals surface area contributed by atoms with Gasteiger partial charge in [-0.3, -0.25) is 4.98 Å². The molecule has 0 atom stereocenters. The molecule has 3 heteroatoms. The number of anilines is 1. The van der Waals surface area contributed by atoms with Gasteiger partial charge in [-0.05, 0) is 50.5 Å². The third kappa shape index (κ3) is 3.44. The van der Waals surface area contributed by atoms with Gasteiger partial charge in [-0.1, -0.05) is 38.1 Å². The van der Waals surface area contributed by atoms with Crippen LogP contribution in [0.25, 0.3) is 22.0 Å². The third-order valence-electron chi connectivity index (χ3n) is 4.81. The van der Waals surface area contributed by atoms with Crippen molar-refractivity contribution in [3.05, 3.63) is 59.5 Å². The molecule has 0 fully saturated rings. The summed E-state index contributed by atoms with van der Waals surface area (Å²) >= 11 is 0. The minimum absolute atomic E-state index is 0.207. The molecule has 0 saturated heterocycles. The van der Waals surface area contributed by atoms with Gasteiger partial charge in [-0.25, -0.2) is 4.39 Å². The van der Waals surface area contributed by atoms with E-state index in [0.29, 0.717) is 0 Å². The van der Waals surface area contributed by atoms with Crippen LogP contribution in [0.4, 0.5) is 10.1 Å². The van der Waals surface area contributed by atoms with E-state index in [9.17, 15) is 4.39 Å². The molecule has 136 valence electrons. The molecule has 0 amide bonds. The van der Waals surface area contributed by atoms with Crippen molar-refractivity contribution < 1.29 is 4.39 Å². The first kappa shape index (κ1) is 18.4. The minimum atomic E-state index is -0.207. The second kappa shape index (κ2) is 7.86. The van der Waals surface area contributed by atoms with E-state index in [1.165, 1.54) is 17.1 Å². The smallest absolute Gasteiger partial charge is 0.123 e. The zero-order valence-electron chi connectivity index (χ0n) is 16.1. The lowest BCUT2D eigenvalue weighted by Gasteiger charge is -2.27. The van der Waals surface area contributed by atoms with E-state index >= 15 is 0 Å². The van der Waals surface area contributed by atoms with Gasteiger partial charge in [0.1, 0.15) is 5.82 Å². The molecule has 0 aliphatic heterocycles. The second-order valence-electron chi connectivity index (χ2n) is 6.89. The average Bonchev–Trinajstić information content (AvgIpc) is 2.61. The van der Waals surface area contributed by atoms with Crippen LogP contribution in [0.15, 0.2) is 42.5 Å². The molecule has 0 aliphatic rings. The number of fused-ring (bicyclic) bond motifs is 1. The summed E-state index contributed by atoms with van der Waals surface area (Å²) in [5, 5.41) is 2.35. The van der Waals surface area contributed by atoms with Gasteiger partial charge in [0.15, 0.2) is 0 Å². The molecule has 0 spiro atoms. The molecule has 1 aromatic heterocycles. The highest BCUT2D eigenvalue weighted by Gasteiger charge is 2.18. The van der Waals surface area contributed by atoms with Gasteiger partial charge >= 0.3 is 0 Å². The first-order chi connectivity index (χ1) is 12.6. The molecule has 0 aliphatic carbocycles. The number of hydrogen-bond donors (Lipinski definition) is 0. The third-order valence-corrected chi connectivity index (χ3v) is 4.81. The predicted octanol–water partition coefficient (Wildman–Crippen LogP) is 6.28. The zero-order chi connectivity index (χ0) is 18.7. The van der Waals surface area contributed by atoms with Crippen molar-refractivity contribution in [2.45, 2.75) is 40.5 Å². The highest BCUT2D eigenvalue weighted by atomic mass is 19.1. The zero-order valence-corrected chi connectivity index (χ0v) is 16.1. The summed E-state index contributed by atoms with van der Waals surface area (Å²) in [4.78, 5) is 7.43. The van der Waals surface area contributed by atoms with E-state index < -0.39 is 0 Å². The number of benzene rings is 2. The van der Waals surface area contributed by atoms with Crippen molar-refractivity contribution in [1.29, 1.82) is 0 Å². The summed E-state index contributed by atoms with van der Waals surface area (Å²) < 4.78 is 13.6. The van der Waals surface area contributed by atoms with Gasteiger partial charge in [-0.15, -0.1) is 0 Å². The lowest BCUT2D eigenvalue weighted by molar-refractivity contribution is 0.627. The molecule has 0 N–H and O–H groups in total. The largest absolute Gasteiger partial charge is 0.370 e. The molecule has 3 rings (SSSR count). The van der Waals surface area contributed by atoms with Crippen molar-refractivity contribution in [1.82, 2.24) is 4.98 Å². The fourth-order valence-electron chi connectivity index (χ4n) is 3.74. The summed E-state index contributed by atoms with van der Waals surface area (Å²) in [6.07, 6.45) is 2.21. The quantitative estimate of drug-likeness (QED) is 0.520. The fourth-order valence-corrected chi connectivity index (χ4v) is 3.74. The molecular weight excluding hydrogens is 323 g/mol. The SMILES string of the molecule is CCCN(CCC)c1c(C)nc(-c2ccc(F)cc2C)c2ccccc12. The van der Waals surface area contributed by atoms with Crippen molar-refractivity contribution in [2.75, 3.05) is 18.0 Å². The number of rotatable bonds is 6. The van der Waals surface area contributed by atoms with E-state index in [4.69, 9.17) is 4.98 Å². The molecular formula is C23H27FN2. The highest BCUT2D eigenvalue weighted by molar-refractivity contribution is 6.03. The number of aryl methyl sites for hydroxylation is 2. The molecule has 0 bridgehead atoms. The lowest BCUT2D eigenvalue weighted by atomic mass is 9.98. The second-order valence-corrected chi connectivity index (χ2v) is 6.89. The van der Waals surface area contributed by atoms with Gasteiger partial charge in [0.05, 0.1) is 17.1 Å². The Bertz CT molecular complexity index is 911. The molecule has 1 heterocycles. The van der Waals surface area contributed by atoms with Crippen LogP contribution < -0.4 is 4.90 Å². The van der Waals surface area contributed by atoms with Crippen LogP contribution in [0, 0.1) is 19.7 Å².